The van der Waals surface area contributed by atoms with E-state index < -0.39 is 0 Å². The molecule has 2 nitrogen and oxygen atoms in total. The van der Waals surface area contributed by atoms with Crippen molar-refractivity contribution in [1.29, 1.82) is 0 Å². The number of piperazine rings is 1. The maximum Gasteiger partial charge on any atom is 0.0909 e. The molecule has 1 N–H and O–H groups in total. The molecule has 1 saturated heterocycles. The Hall–Kier alpha value is -0.540. The van der Waals surface area contributed by atoms with Crippen molar-refractivity contribution >= 4 is 16.3 Å². The number of hydrogen-bond donors (Lipinski definition) is 1. The molecule has 3 heteroatoms. The Morgan fingerprint density at radius 1 is 1.31 bits per heavy atom. The second kappa shape index (κ2) is 9.67. The summed E-state index contributed by atoms with van der Waals surface area (Å²) in [6, 6.07) is 4.94. The third-order valence-corrected chi connectivity index (χ3v) is 3.12. The minimum atomic E-state index is 0.626. The van der Waals surface area contributed by atoms with Gasteiger partial charge in [0.1, 0.15) is 0 Å². The number of nitrogens with zero attached hydrogens (tertiary/aromatic N) is 1. The second-order valence-electron chi connectivity index (χ2n) is 3.25. The molecule has 0 aliphatic carbocycles. The highest BCUT2D eigenvalue weighted by Crippen LogP contribution is 2.21. The van der Waals surface area contributed by atoms with Gasteiger partial charge in [-0.25, -0.2) is 0 Å². The zero-order valence-corrected chi connectivity index (χ0v) is 12.1. The van der Waals surface area contributed by atoms with Gasteiger partial charge < -0.3 is 10.2 Å². The number of nitrogens with one attached hydrogen (secondary N) is 1. The Bertz CT molecular complexity index is 234. The summed E-state index contributed by atoms with van der Waals surface area (Å²) in [6.45, 7) is 13.6. The van der Waals surface area contributed by atoms with Crippen molar-refractivity contribution in [2.24, 2.45) is 0 Å². The third-order valence-electron chi connectivity index (χ3n) is 2.19. The number of anilines is 1. The molecule has 0 amide bonds. The molecule has 0 radical (unpaired) electrons. The van der Waals surface area contributed by atoms with Crippen molar-refractivity contribution in [2.75, 3.05) is 24.5 Å². The van der Waals surface area contributed by atoms with E-state index in [-0.39, 0.29) is 0 Å². The van der Waals surface area contributed by atoms with Crippen molar-refractivity contribution < 1.29 is 0 Å². The first-order chi connectivity index (χ1) is 7.86. The van der Waals surface area contributed by atoms with E-state index in [1.807, 2.05) is 39.0 Å². The van der Waals surface area contributed by atoms with Crippen molar-refractivity contribution in [3.8, 4) is 0 Å². The van der Waals surface area contributed by atoms with Crippen LogP contribution in [0.1, 0.15) is 34.6 Å². The van der Waals surface area contributed by atoms with E-state index >= 15 is 0 Å². The Labute approximate surface area is 105 Å². The molecule has 2 heterocycles. The summed E-state index contributed by atoms with van der Waals surface area (Å²) in [5.41, 5.74) is 0. The quantitative estimate of drug-likeness (QED) is 0.809. The van der Waals surface area contributed by atoms with Gasteiger partial charge in [-0.1, -0.05) is 27.7 Å². The second-order valence-corrected chi connectivity index (χ2v) is 4.18. The fourth-order valence-electron chi connectivity index (χ4n) is 1.58. The van der Waals surface area contributed by atoms with Crippen molar-refractivity contribution in [1.82, 2.24) is 5.32 Å². The van der Waals surface area contributed by atoms with Gasteiger partial charge in [-0.15, -0.1) is 11.3 Å². The lowest BCUT2D eigenvalue weighted by Gasteiger charge is -2.32. The highest BCUT2D eigenvalue weighted by Gasteiger charge is 2.15. The minimum Gasteiger partial charge on any atom is -0.361 e. The van der Waals surface area contributed by atoms with Crippen LogP contribution in [0.15, 0.2) is 17.5 Å². The zero-order chi connectivity index (χ0) is 12.4. The summed E-state index contributed by atoms with van der Waals surface area (Å²) >= 11 is 1.83. The molecule has 1 aliphatic heterocycles. The molecule has 0 spiro atoms. The monoisotopic (exact) mass is 242 g/mol. The van der Waals surface area contributed by atoms with Gasteiger partial charge in [-0.05, 0) is 24.4 Å². The van der Waals surface area contributed by atoms with E-state index in [2.05, 4.69) is 34.7 Å². The first kappa shape index (κ1) is 15.5. The zero-order valence-electron chi connectivity index (χ0n) is 11.3. The largest absolute Gasteiger partial charge is 0.361 e. The molecule has 1 unspecified atom stereocenters. The molecule has 16 heavy (non-hydrogen) atoms. The van der Waals surface area contributed by atoms with Crippen LogP contribution in [0.5, 0.6) is 0 Å². The standard InChI is InChI=1S/C9H14N2S.2C2H6/c1-8-7-11(5-4-10-8)9-3-2-6-12-9;2*1-2/h2-3,6,8,10H,4-5,7H2,1H3;2*1-2H3. The van der Waals surface area contributed by atoms with Gasteiger partial charge in [0.25, 0.3) is 0 Å². The maximum atomic E-state index is 3.44. The minimum absolute atomic E-state index is 0.626. The van der Waals surface area contributed by atoms with Crippen molar-refractivity contribution in [3.63, 3.8) is 0 Å². The van der Waals surface area contributed by atoms with Crippen LogP contribution in [0, 0.1) is 0 Å². The molecule has 1 aromatic heterocycles. The summed E-state index contributed by atoms with van der Waals surface area (Å²) in [6.07, 6.45) is 0. The molecular formula is C13H26N2S. The van der Waals surface area contributed by atoms with Crippen molar-refractivity contribution in [3.05, 3.63) is 17.5 Å². The average molecular weight is 242 g/mol. The fraction of sp³-hybridized carbons (Fsp3) is 0.692. The Morgan fingerprint density at radius 3 is 2.50 bits per heavy atom. The van der Waals surface area contributed by atoms with Crippen LogP contribution in [0.25, 0.3) is 0 Å². The Balaban J connectivity index is 0.000000509. The molecule has 94 valence electrons. The molecule has 2 rings (SSSR count). The highest BCUT2D eigenvalue weighted by atomic mass is 32.1. The molecule has 0 saturated carbocycles. The smallest absolute Gasteiger partial charge is 0.0909 e. The van der Waals surface area contributed by atoms with Gasteiger partial charge in [-0.3, -0.25) is 0 Å². The number of rotatable bonds is 1. The SMILES string of the molecule is CC.CC.CC1CN(c2cccs2)CCN1. The van der Waals surface area contributed by atoms with E-state index in [9.17, 15) is 0 Å². The van der Waals surface area contributed by atoms with Crippen LogP contribution < -0.4 is 10.2 Å². The number of thiophene rings is 1. The molecule has 0 aromatic carbocycles. The molecule has 1 aliphatic rings. The Morgan fingerprint density at radius 2 is 2.00 bits per heavy atom. The number of hydrogen-bond acceptors (Lipinski definition) is 3. The van der Waals surface area contributed by atoms with Gasteiger partial charge >= 0.3 is 0 Å². The fourth-order valence-corrected chi connectivity index (χ4v) is 2.35. The molecule has 1 atom stereocenters. The summed E-state index contributed by atoms with van der Waals surface area (Å²) < 4.78 is 0. The average Bonchev–Trinajstić information content (AvgIpc) is 2.88. The summed E-state index contributed by atoms with van der Waals surface area (Å²) in [7, 11) is 0. The molecular weight excluding hydrogens is 216 g/mol. The van der Waals surface area contributed by atoms with Gasteiger partial charge in [0, 0.05) is 25.7 Å². The van der Waals surface area contributed by atoms with Gasteiger partial charge in [0.2, 0.25) is 0 Å². The van der Waals surface area contributed by atoms with Crippen LogP contribution >= 0.6 is 11.3 Å². The van der Waals surface area contributed by atoms with E-state index in [1.165, 1.54) is 5.00 Å². The van der Waals surface area contributed by atoms with Gasteiger partial charge in [0.05, 0.1) is 5.00 Å². The van der Waals surface area contributed by atoms with Crippen LogP contribution in [0.2, 0.25) is 0 Å². The van der Waals surface area contributed by atoms with Crippen molar-refractivity contribution in [2.45, 2.75) is 40.7 Å². The lowest BCUT2D eigenvalue weighted by molar-refractivity contribution is 0.486. The predicted octanol–water partition coefficient (Wildman–Crippen LogP) is 3.60. The molecule has 0 bridgehead atoms. The van der Waals surface area contributed by atoms with Crippen LogP contribution in [0.3, 0.4) is 0 Å². The Kier molecular flexibility index (Phi) is 9.34. The first-order valence-electron chi connectivity index (χ1n) is 6.38. The van der Waals surface area contributed by atoms with E-state index in [0.29, 0.717) is 6.04 Å². The first-order valence-corrected chi connectivity index (χ1v) is 7.26. The van der Waals surface area contributed by atoms with Gasteiger partial charge in [0.15, 0.2) is 0 Å². The summed E-state index contributed by atoms with van der Waals surface area (Å²) in [5, 5.41) is 6.98. The van der Waals surface area contributed by atoms with E-state index in [4.69, 9.17) is 0 Å². The van der Waals surface area contributed by atoms with Crippen LogP contribution in [-0.2, 0) is 0 Å². The topological polar surface area (TPSA) is 15.3 Å². The molecule has 1 aromatic rings. The van der Waals surface area contributed by atoms with E-state index in [1.54, 1.807) is 0 Å². The van der Waals surface area contributed by atoms with Crippen LogP contribution in [-0.4, -0.2) is 25.7 Å². The lowest BCUT2D eigenvalue weighted by Crippen LogP contribution is -2.49. The normalized spacial score (nSPS) is 19.1. The predicted molar refractivity (Wildman–Crippen MR) is 76.7 cm³/mol. The third kappa shape index (κ3) is 4.99. The molecule has 1 fully saturated rings. The summed E-state index contributed by atoms with van der Waals surface area (Å²) in [4.78, 5) is 2.45. The van der Waals surface area contributed by atoms with Crippen LogP contribution in [0.4, 0.5) is 5.00 Å². The highest BCUT2D eigenvalue weighted by molar-refractivity contribution is 7.14. The maximum absolute atomic E-state index is 3.44. The summed E-state index contributed by atoms with van der Waals surface area (Å²) in [5.74, 6) is 0. The van der Waals surface area contributed by atoms with Gasteiger partial charge in [-0.2, -0.15) is 0 Å². The van der Waals surface area contributed by atoms with E-state index in [0.717, 1.165) is 19.6 Å². The lowest BCUT2D eigenvalue weighted by atomic mass is 10.2.